The summed E-state index contributed by atoms with van der Waals surface area (Å²) in [6.07, 6.45) is 8.49. The molecule has 2 aliphatic rings. The molecule has 0 saturated carbocycles. The summed E-state index contributed by atoms with van der Waals surface area (Å²) in [7, 11) is 1.58. The highest BCUT2D eigenvalue weighted by molar-refractivity contribution is 5.92. The maximum atomic E-state index is 12.4. The molecule has 0 spiro atoms. The number of fused-ring (bicyclic) bond motifs is 1. The molecule has 0 bridgehead atoms. The lowest BCUT2D eigenvalue weighted by Crippen LogP contribution is -2.44. The van der Waals surface area contributed by atoms with Gasteiger partial charge < -0.3 is 24.4 Å². The van der Waals surface area contributed by atoms with Gasteiger partial charge in [0.15, 0.2) is 11.5 Å². The number of anilines is 1. The average molecular weight is 396 g/mol. The fourth-order valence-electron chi connectivity index (χ4n) is 3.49. The lowest BCUT2D eigenvalue weighted by atomic mass is 10.1. The molecule has 4 rings (SSSR count). The van der Waals surface area contributed by atoms with Crippen LogP contribution in [0.2, 0.25) is 0 Å². The smallest absolute Gasteiger partial charge is 0.244 e. The molecule has 0 radical (unpaired) electrons. The van der Waals surface area contributed by atoms with Crippen LogP contribution in [0.4, 0.5) is 5.95 Å². The standard InChI is InChI=1S/C21H24N4O4/c1-27-17-13-15(14-18-20(17)29-12-11-28-18)3-4-19(26)24-16-5-9-25(10-6-16)21-22-7-2-8-23-21/h2-4,7-8,13-14,16H,5-6,9-12H2,1H3,(H,24,26). The van der Waals surface area contributed by atoms with E-state index in [1.807, 2.05) is 12.1 Å². The summed E-state index contributed by atoms with van der Waals surface area (Å²) >= 11 is 0. The van der Waals surface area contributed by atoms with Gasteiger partial charge in [-0.25, -0.2) is 9.97 Å². The van der Waals surface area contributed by atoms with Crippen LogP contribution >= 0.6 is 0 Å². The van der Waals surface area contributed by atoms with E-state index in [0.29, 0.717) is 30.5 Å². The zero-order chi connectivity index (χ0) is 20.1. The molecular formula is C21H24N4O4. The number of ether oxygens (including phenoxy) is 3. The Kier molecular flexibility index (Phi) is 5.79. The number of carbonyl (C=O) groups excluding carboxylic acids is 1. The van der Waals surface area contributed by atoms with Crippen LogP contribution in [0.25, 0.3) is 6.08 Å². The number of aromatic nitrogens is 2. The van der Waals surface area contributed by atoms with Crippen molar-refractivity contribution in [1.29, 1.82) is 0 Å². The van der Waals surface area contributed by atoms with E-state index in [0.717, 1.165) is 37.4 Å². The zero-order valence-electron chi connectivity index (χ0n) is 16.3. The number of amides is 1. The number of nitrogens with one attached hydrogen (secondary N) is 1. The van der Waals surface area contributed by atoms with E-state index in [-0.39, 0.29) is 11.9 Å². The van der Waals surface area contributed by atoms with Crippen LogP contribution in [-0.4, -0.2) is 55.3 Å². The van der Waals surface area contributed by atoms with Crippen molar-refractivity contribution in [2.45, 2.75) is 18.9 Å². The van der Waals surface area contributed by atoms with Gasteiger partial charge in [-0.3, -0.25) is 4.79 Å². The van der Waals surface area contributed by atoms with Crippen molar-refractivity contribution >= 4 is 17.9 Å². The molecule has 1 amide bonds. The van der Waals surface area contributed by atoms with Crippen LogP contribution in [0.1, 0.15) is 18.4 Å². The van der Waals surface area contributed by atoms with Crippen LogP contribution in [-0.2, 0) is 4.79 Å². The molecule has 8 heteroatoms. The highest BCUT2D eigenvalue weighted by Gasteiger charge is 2.22. The summed E-state index contributed by atoms with van der Waals surface area (Å²) in [5.41, 5.74) is 0.817. The number of nitrogens with zero attached hydrogens (tertiary/aromatic N) is 3. The number of benzene rings is 1. The van der Waals surface area contributed by atoms with Crippen molar-refractivity contribution < 1.29 is 19.0 Å². The van der Waals surface area contributed by atoms with Gasteiger partial charge in [-0.05, 0) is 42.7 Å². The quantitative estimate of drug-likeness (QED) is 0.774. The van der Waals surface area contributed by atoms with Crippen molar-refractivity contribution in [3.8, 4) is 17.2 Å². The molecule has 0 unspecified atom stereocenters. The molecule has 29 heavy (non-hydrogen) atoms. The summed E-state index contributed by atoms with van der Waals surface area (Å²) in [5.74, 6) is 2.46. The van der Waals surface area contributed by atoms with Gasteiger partial charge >= 0.3 is 0 Å². The van der Waals surface area contributed by atoms with Gasteiger partial charge in [-0.15, -0.1) is 0 Å². The second-order valence-corrected chi connectivity index (χ2v) is 6.90. The number of methoxy groups -OCH3 is 1. The fourth-order valence-corrected chi connectivity index (χ4v) is 3.49. The highest BCUT2D eigenvalue weighted by Crippen LogP contribution is 2.40. The summed E-state index contributed by atoms with van der Waals surface area (Å²) in [6.45, 7) is 2.63. The van der Waals surface area contributed by atoms with Crippen LogP contribution in [0, 0.1) is 0 Å². The Morgan fingerprint density at radius 2 is 1.97 bits per heavy atom. The maximum Gasteiger partial charge on any atom is 0.244 e. The lowest BCUT2D eigenvalue weighted by molar-refractivity contribution is -0.117. The van der Waals surface area contributed by atoms with Crippen molar-refractivity contribution in [1.82, 2.24) is 15.3 Å². The summed E-state index contributed by atoms with van der Waals surface area (Å²) < 4.78 is 16.6. The molecule has 152 valence electrons. The predicted octanol–water partition coefficient (Wildman–Crippen LogP) is 2.05. The SMILES string of the molecule is COc1cc(C=CC(=O)NC2CCN(c3ncccn3)CC2)cc2c1OCCO2. The van der Waals surface area contributed by atoms with E-state index in [2.05, 4.69) is 20.2 Å². The van der Waals surface area contributed by atoms with E-state index in [9.17, 15) is 4.79 Å². The molecular weight excluding hydrogens is 372 g/mol. The highest BCUT2D eigenvalue weighted by atomic mass is 16.6. The summed E-state index contributed by atoms with van der Waals surface area (Å²) in [5, 5.41) is 3.07. The topological polar surface area (TPSA) is 85.8 Å². The predicted molar refractivity (Wildman–Crippen MR) is 108 cm³/mol. The second-order valence-electron chi connectivity index (χ2n) is 6.90. The molecule has 1 aromatic heterocycles. The third-order valence-corrected chi connectivity index (χ3v) is 4.95. The molecule has 3 heterocycles. The maximum absolute atomic E-state index is 12.4. The molecule has 2 aliphatic heterocycles. The fraction of sp³-hybridized carbons (Fsp3) is 0.381. The molecule has 1 fully saturated rings. The average Bonchev–Trinajstić information content (AvgIpc) is 2.78. The monoisotopic (exact) mass is 396 g/mol. The minimum absolute atomic E-state index is 0.117. The van der Waals surface area contributed by atoms with E-state index in [1.165, 1.54) is 6.08 Å². The van der Waals surface area contributed by atoms with Crippen LogP contribution in [0.3, 0.4) is 0 Å². The first-order valence-electron chi connectivity index (χ1n) is 9.71. The Hall–Kier alpha value is -3.29. The van der Waals surface area contributed by atoms with Gasteiger partial charge in [0.1, 0.15) is 13.2 Å². The summed E-state index contributed by atoms with van der Waals surface area (Å²) in [6, 6.07) is 5.62. The first-order valence-corrected chi connectivity index (χ1v) is 9.71. The number of hydrogen-bond donors (Lipinski definition) is 1. The third kappa shape index (κ3) is 4.59. The number of piperidine rings is 1. The van der Waals surface area contributed by atoms with Gasteiger partial charge in [-0.1, -0.05) is 0 Å². The first kappa shape index (κ1) is 19.0. The van der Waals surface area contributed by atoms with Gasteiger partial charge in [0, 0.05) is 37.6 Å². The Labute approximate surface area is 169 Å². The molecule has 1 aromatic carbocycles. The number of carbonyl (C=O) groups is 1. The van der Waals surface area contributed by atoms with Crippen molar-refractivity contribution in [2.24, 2.45) is 0 Å². The molecule has 1 saturated heterocycles. The first-order chi connectivity index (χ1) is 14.2. The van der Waals surface area contributed by atoms with Crippen LogP contribution in [0.5, 0.6) is 17.2 Å². The van der Waals surface area contributed by atoms with Crippen molar-refractivity contribution in [3.05, 3.63) is 42.2 Å². The van der Waals surface area contributed by atoms with Gasteiger partial charge in [0.2, 0.25) is 17.6 Å². The Bertz CT molecular complexity index is 862. The molecule has 2 aromatic rings. The van der Waals surface area contributed by atoms with E-state index >= 15 is 0 Å². The van der Waals surface area contributed by atoms with E-state index in [4.69, 9.17) is 14.2 Å². The zero-order valence-corrected chi connectivity index (χ0v) is 16.3. The van der Waals surface area contributed by atoms with E-state index in [1.54, 1.807) is 31.6 Å². The number of hydrogen-bond acceptors (Lipinski definition) is 7. The van der Waals surface area contributed by atoms with Crippen LogP contribution < -0.4 is 24.4 Å². The molecule has 0 atom stereocenters. The Balaban J connectivity index is 1.33. The van der Waals surface area contributed by atoms with Crippen LogP contribution in [0.15, 0.2) is 36.7 Å². The van der Waals surface area contributed by atoms with Crippen molar-refractivity contribution in [2.75, 3.05) is 38.3 Å². The largest absolute Gasteiger partial charge is 0.493 e. The molecule has 0 aliphatic carbocycles. The minimum atomic E-state index is -0.117. The third-order valence-electron chi connectivity index (χ3n) is 4.95. The molecule has 1 N–H and O–H groups in total. The van der Waals surface area contributed by atoms with Crippen molar-refractivity contribution in [3.63, 3.8) is 0 Å². The van der Waals surface area contributed by atoms with Gasteiger partial charge in [-0.2, -0.15) is 0 Å². The molecule has 8 nitrogen and oxygen atoms in total. The Morgan fingerprint density at radius 1 is 1.21 bits per heavy atom. The lowest BCUT2D eigenvalue weighted by Gasteiger charge is -2.32. The van der Waals surface area contributed by atoms with E-state index < -0.39 is 0 Å². The van der Waals surface area contributed by atoms with Gasteiger partial charge in [0.25, 0.3) is 0 Å². The number of rotatable bonds is 5. The van der Waals surface area contributed by atoms with Gasteiger partial charge in [0.05, 0.1) is 7.11 Å². The Morgan fingerprint density at radius 3 is 2.72 bits per heavy atom. The second kappa shape index (κ2) is 8.81. The summed E-state index contributed by atoms with van der Waals surface area (Å²) in [4.78, 5) is 23.1. The minimum Gasteiger partial charge on any atom is -0.493 e. The normalized spacial score (nSPS) is 16.7.